The van der Waals surface area contributed by atoms with Crippen molar-refractivity contribution in [3.63, 3.8) is 0 Å². The Kier molecular flexibility index (Phi) is 3.92. The fourth-order valence-corrected chi connectivity index (χ4v) is 1.66. The van der Waals surface area contributed by atoms with Gasteiger partial charge < -0.3 is 10.4 Å². The number of thiophene rings is 1. The van der Waals surface area contributed by atoms with Crippen LogP contribution in [0.4, 0.5) is 0 Å². The van der Waals surface area contributed by atoms with Crippen LogP contribution < -0.4 is 5.32 Å². The highest BCUT2D eigenvalue weighted by atomic mass is 32.1. The first-order valence-electron chi connectivity index (χ1n) is 4.17. The van der Waals surface area contributed by atoms with E-state index in [0.717, 1.165) is 6.42 Å². The van der Waals surface area contributed by atoms with Crippen LogP contribution in [0.15, 0.2) is 16.8 Å². The Bertz CT molecular complexity index is 259. The summed E-state index contributed by atoms with van der Waals surface area (Å²) in [5.41, 5.74) is 1.26. The first-order chi connectivity index (χ1) is 6.20. The van der Waals surface area contributed by atoms with Crippen molar-refractivity contribution in [2.45, 2.75) is 19.4 Å². The number of carboxylic acid groups (broad SMARTS) is 1. The molecule has 2 N–H and O–H groups in total. The lowest BCUT2D eigenvalue weighted by Gasteiger charge is -2.07. The molecule has 72 valence electrons. The van der Waals surface area contributed by atoms with Gasteiger partial charge in [-0.3, -0.25) is 4.79 Å². The van der Waals surface area contributed by atoms with E-state index in [1.807, 2.05) is 5.38 Å². The lowest BCUT2D eigenvalue weighted by molar-refractivity contribution is -0.138. The van der Waals surface area contributed by atoms with Crippen molar-refractivity contribution < 1.29 is 9.90 Å². The summed E-state index contributed by atoms with van der Waals surface area (Å²) in [5, 5.41) is 15.6. The van der Waals surface area contributed by atoms with E-state index >= 15 is 0 Å². The summed E-state index contributed by atoms with van der Waals surface area (Å²) in [6, 6.07) is 1.59. The number of aliphatic carboxylic acids is 1. The van der Waals surface area contributed by atoms with Crippen LogP contribution in [0, 0.1) is 0 Å². The van der Waals surface area contributed by atoms with Gasteiger partial charge in [0.05, 0.1) is 0 Å². The van der Waals surface area contributed by atoms with Crippen LogP contribution >= 0.6 is 11.3 Å². The van der Waals surface area contributed by atoms with Gasteiger partial charge in [0.1, 0.15) is 6.04 Å². The molecule has 0 spiro atoms. The van der Waals surface area contributed by atoms with Gasteiger partial charge in [-0.25, -0.2) is 0 Å². The van der Waals surface area contributed by atoms with Crippen molar-refractivity contribution in [2.75, 3.05) is 6.54 Å². The van der Waals surface area contributed by atoms with E-state index in [1.54, 1.807) is 18.3 Å². The molecule has 1 rings (SSSR count). The van der Waals surface area contributed by atoms with E-state index in [1.165, 1.54) is 5.56 Å². The van der Waals surface area contributed by atoms with Crippen LogP contribution in [-0.2, 0) is 11.2 Å². The lowest BCUT2D eigenvalue weighted by atomic mass is 10.2. The molecule has 0 aliphatic rings. The zero-order chi connectivity index (χ0) is 9.68. The van der Waals surface area contributed by atoms with Gasteiger partial charge in [-0.05, 0) is 42.3 Å². The van der Waals surface area contributed by atoms with Gasteiger partial charge in [0.15, 0.2) is 0 Å². The second-order valence-electron chi connectivity index (χ2n) is 2.90. The summed E-state index contributed by atoms with van der Waals surface area (Å²) in [4.78, 5) is 10.4. The van der Waals surface area contributed by atoms with Crippen LogP contribution in [0.5, 0.6) is 0 Å². The van der Waals surface area contributed by atoms with Gasteiger partial charge in [0, 0.05) is 0 Å². The van der Waals surface area contributed by atoms with Gasteiger partial charge in [-0.15, -0.1) is 0 Å². The van der Waals surface area contributed by atoms with E-state index in [2.05, 4.69) is 16.8 Å². The van der Waals surface area contributed by atoms with Gasteiger partial charge in [-0.2, -0.15) is 11.3 Å². The number of carboxylic acids is 1. The number of nitrogens with one attached hydrogen (secondary N) is 1. The topological polar surface area (TPSA) is 49.3 Å². The number of hydrogen-bond donors (Lipinski definition) is 2. The molecular weight excluding hydrogens is 186 g/mol. The molecule has 0 saturated heterocycles. The third-order valence-corrected chi connectivity index (χ3v) is 2.55. The third kappa shape index (κ3) is 3.57. The monoisotopic (exact) mass is 199 g/mol. The van der Waals surface area contributed by atoms with Crippen molar-refractivity contribution >= 4 is 17.3 Å². The lowest BCUT2D eigenvalue weighted by Crippen LogP contribution is -2.34. The molecule has 0 radical (unpaired) electrons. The van der Waals surface area contributed by atoms with E-state index in [4.69, 9.17) is 5.11 Å². The second kappa shape index (κ2) is 4.99. The maximum Gasteiger partial charge on any atom is 0.320 e. The molecule has 1 atom stereocenters. The van der Waals surface area contributed by atoms with Gasteiger partial charge in [-0.1, -0.05) is 0 Å². The molecule has 1 aromatic heterocycles. The molecule has 0 bridgehead atoms. The second-order valence-corrected chi connectivity index (χ2v) is 3.68. The summed E-state index contributed by atoms with van der Waals surface area (Å²) >= 11 is 1.66. The molecule has 0 aromatic carbocycles. The predicted octanol–water partition coefficient (Wildman–Crippen LogP) is 1.35. The highest BCUT2D eigenvalue weighted by Crippen LogP contribution is 2.05. The third-order valence-electron chi connectivity index (χ3n) is 1.81. The van der Waals surface area contributed by atoms with Gasteiger partial charge >= 0.3 is 5.97 Å². The number of rotatable bonds is 5. The van der Waals surface area contributed by atoms with Crippen molar-refractivity contribution in [3.8, 4) is 0 Å². The highest BCUT2D eigenvalue weighted by Gasteiger charge is 2.08. The predicted molar refractivity (Wildman–Crippen MR) is 53.1 cm³/mol. The first kappa shape index (κ1) is 10.2. The molecule has 0 saturated carbocycles. The van der Waals surface area contributed by atoms with Crippen molar-refractivity contribution in [2.24, 2.45) is 0 Å². The van der Waals surface area contributed by atoms with Gasteiger partial charge in [0.2, 0.25) is 0 Å². The van der Waals surface area contributed by atoms with Crippen molar-refractivity contribution in [1.82, 2.24) is 5.32 Å². The zero-order valence-corrected chi connectivity index (χ0v) is 8.30. The minimum absolute atomic E-state index is 0.460. The summed E-state index contributed by atoms with van der Waals surface area (Å²) in [5.74, 6) is -0.801. The largest absolute Gasteiger partial charge is 0.480 e. The Labute approximate surface area is 81.4 Å². The molecule has 4 heteroatoms. The summed E-state index contributed by atoms with van der Waals surface area (Å²) in [6.45, 7) is 2.36. The number of hydrogen-bond acceptors (Lipinski definition) is 3. The van der Waals surface area contributed by atoms with Crippen LogP contribution in [0.3, 0.4) is 0 Å². The summed E-state index contributed by atoms with van der Waals surface area (Å²) < 4.78 is 0. The minimum Gasteiger partial charge on any atom is -0.480 e. The van der Waals surface area contributed by atoms with Crippen LogP contribution in [0.1, 0.15) is 12.5 Å². The Morgan fingerprint density at radius 2 is 2.54 bits per heavy atom. The molecule has 1 heterocycles. The van der Waals surface area contributed by atoms with Crippen molar-refractivity contribution in [3.05, 3.63) is 22.4 Å². The van der Waals surface area contributed by atoms with Crippen LogP contribution in [0.2, 0.25) is 0 Å². The van der Waals surface area contributed by atoms with E-state index < -0.39 is 12.0 Å². The Balaban J connectivity index is 2.18. The fraction of sp³-hybridized carbons (Fsp3) is 0.444. The first-order valence-corrected chi connectivity index (χ1v) is 5.11. The standard InChI is InChI=1S/C9H13NO2S/c1-7(9(11)12)10-4-2-8-3-5-13-6-8/h3,5-7,10H,2,4H2,1H3,(H,11,12). The molecular formula is C9H13NO2S. The maximum absolute atomic E-state index is 10.4. The fourth-order valence-electron chi connectivity index (χ4n) is 0.955. The van der Waals surface area contributed by atoms with Crippen LogP contribution in [0.25, 0.3) is 0 Å². The Morgan fingerprint density at radius 3 is 3.08 bits per heavy atom. The molecule has 1 unspecified atom stereocenters. The Morgan fingerprint density at radius 1 is 1.77 bits per heavy atom. The Hall–Kier alpha value is -0.870. The summed E-state index contributed by atoms with van der Waals surface area (Å²) in [6.07, 6.45) is 0.890. The van der Waals surface area contributed by atoms with Crippen molar-refractivity contribution in [1.29, 1.82) is 0 Å². The smallest absolute Gasteiger partial charge is 0.320 e. The van der Waals surface area contributed by atoms with E-state index in [-0.39, 0.29) is 0 Å². The van der Waals surface area contributed by atoms with Gasteiger partial charge in [0.25, 0.3) is 0 Å². The van der Waals surface area contributed by atoms with Crippen LogP contribution in [-0.4, -0.2) is 23.7 Å². The van der Waals surface area contributed by atoms with E-state index in [9.17, 15) is 4.79 Å². The number of carbonyl (C=O) groups is 1. The molecule has 0 amide bonds. The summed E-state index contributed by atoms with van der Waals surface area (Å²) in [7, 11) is 0. The maximum atomic E-state index is 10.4. The van der Waals surface area contributed by atoms with E-state index in [0.29, 0.717) is 6.54 Å². The zero-order valence-electron chi connectivity index (χ0n) is 7.49. The normalized spacial score (nSPS) is 12.7. The SMILES string of the molecule is CC(NCCc1ccsc1)C(=O)O. The molecule has 3 nitrogen and oxygen atoms in total. The average molecular weight is 199 g/mol. The quantitative estimate of drug-likeness (QED) is 0.752. The average Bonchev–Trinajstić information content (AvgIpc) is 2.56. The molecule has 0 aliphatic carbocycles. The molecule has 0 aliphatic heterocycles. The molecule has 0 fully saturated rings. The molecule has 13 heavy (non-hydrogen) atoms. The highest BCUT2D eigenvalue weighted by molar-refractivity contribution is 7.07. The molecule has 1 aromatic rings. The minimum atomic E-state index is -0.801.